The van der Waals surface area contributed by atoms with Crippen LogP contribution in [0.1, 0.15) is 55.3 Å². The molecule has 4 aromatic rings. The fourth-order valence-electron chi connectivity index (χ4n) is 3.82. The molecule has 4 aromatic heterocycles. The lowest BCUT2D eigenvalue weighted by molar-refractivity contribution is 0.598. The zero-order valence-electron chi connectivity index (χ0n) is 16.0. The summed E-state index contributed by atoms with van der Waals surface area (Å²) in [5.74, 6) is 0.497. The van der Waals surface area contributed by atoms with Gasteiger partial charge in [-0.2, -0.15) is 5.10 Å². The monoisotopic (exact) mass is 364 g/mol. The Morgan fingerprint density at radius 2 is 1.92 bits per heavy atom. The number of aromatic nitrogens is 4. The zero-order valence-corrected chi connectivity index (χ0v) is 16.8. The quantitative estimate of drug-likeness (QED) is 0.457. The topological polar surface area (TPSA) is 43.1 Å². The highest BCUT2D eigenvalue weighted by molar-refractivity contribution is 7.22. The Kier molecular flexibility index (Phi) is 4.27. The molecule has 0 amide bonds. The van der Waals surface area contributed by atoms with Gasteiger partial charge in [-0.1, -0.05) is 13.8 Å². The molecule has 0 radical (unpaired) electrons. The minimum Gasteiger partial charge on any atom is -0.255 e. The average Bonchev–Trinajstić information content (AvgIpc) is 3.13. The lowest BCUT2D eigenvalue weighted by atomic mass is 9.98. The molecule has 4 nitrogen and oxygen atoms in total. The first-order chi connectivity index (χ1) is 12.5. The number of nitrogens with zero attached hydrogens (tertiary/aromatic N) is 4. The lowest BCUT2D eigenvalue weighted by Crippen LogP contribution is -2.07. The first-order valence-corrected chi connectivity index (χ1v) is 10.1. The maximum atomic E-state index is 4.90. The van der Waals surface area contributed by atoms with Crippen LogP contribution in [0.3, 0.4) is 0 Å². The van der Waals surface area contributed by atoms with E-state index in [1.165, 1.54) is 20.8 Å². The van der Waals surface area contributed by atoms with Gasteiger partial charge in [0.25, 0.3) is 0 Å². The highest BCUT2D eigenvalue weighted by Crippen LogP contribution is 2.40. The summed E-state index contributed by atoms with van der Waals surface area (Å²) in [6, 6.07) is 6.33. The molecule has 0 saturated carbocycles. The van der Waals surface area contributed by atoms with E-state index in [1.807, 2.05) is 12.3 Å². The van der Waals surface area contributed by atoms with Gasteiger partial charge in [-0.3, -0.25) is 4.98 Å². The van der Waals surface area contributed by atoms with E-state index in [9.17, 15) is 0 Å². The van der Waals surface area contributed by atoms with E-state index in [2.05, 4.69) is 56.3 Å². The summed E-state index contributed by atoms with van der Waals surface area (Å²) in [7, 11) is 0. The molecular weight excluding hydrogens is 340 g/mol. The summed E-state index contributed by atoms with van der Waals surface area (Å²) in [6.07, 6.45) is 4.08. The Labute approximate surface area is 157 Å². The van der Waals surface area contributed by atoms with Crippen molar-refractivity contribution in [1.82, 2.24) is 19.6 Å². The van der Waals surface area contributed by atoms with Crippen molar-refractivity contribution >= 4 is 27.2 Å². The van der Waals surface area contributed by atoms with Gasteiger partial charge < -0.3 is 0 Å². The zero-order chi connectivity index (χ0) is 18.4. The second kappa shape index (κ2) is 6.47. The number of pyridine rings is 1. The minimum absolute atomic E-state index is 0.497. The molecule has 0 aliphatic carbocycles. The van der Waals surface area contributed by atoms with E-state index in [1.54, 1.807) is 11.3 Å². The SMILES string of the molecule is CCC(CC)c1cc(C)nc2c(-c3sc4cccnc4c3C)c(C)nn12. The first kappa shape index (κ1) is 17.2. The second-order valence-corrected chi connectivity index (χ2v) is 7.99. The Morgan fingerprint density at radius 1 is 1.15 bits per heavy atom. The van der Waals surface area contributed by atoms with Crippen molar-refractivity contribution in [1.29, 1.82) is 0 Å². The van der Waals surface area contributed by atoms with E-state index in [4.69, 9.17) is 10.1 Å². The molecule has 4 heterocycles. The molecule has 0 bridgehead atoms. The van der Waals surface area contributed by atoms with Gasteiger partial charge in [0.05, 0.1) is 21.5 Å². The van der Waals surface area contributed by atoms with Crippen LogP contribution < -0.4 is 0 Å². The Hall–Kier alpha value is -2.27. The fourth-order valence-corrected chi connectivity index (χ4v) is 5.08. The van der Waals surface area contributed by atoms with Crippen molar-refractivity contribution in [2.75, 3.05) is 0 Å². The highest BCUT2D eigenvalue weighted by Gasteiger charge is 2.22. The predicted molar refractivity (Wildman–Crippen MR) is 109 cm³/mol. The molecule has 0 aliphatic rings. The number of thiophene rings is 1. The molecule has 0 unspecified atom stereocenters. The number of fused-ring (bicyclic) bond motifs is 2. The first-order valence-electron chi connectivity index (χ1n) is 9.26. The van der Waals surface area contributed by atoms with Crippen molar-refractivity contribution in [3.05, 3.63) is 47.0 Å². The minimum atomic E-state index is 0.497. The van der Waals surface area contributed by atoms with E-state index < -0.39 is 0 Å². The van der Waals surface area contributed by atoms with E-state index >= 15 is 0 Å². The second-order valence-electron chi connectivity index (χ2n) is 6.94. The molecule has 0 aromatic carbocycles. The number of aryl methyl sites for hydroxylation is 3. The molecule has 0 saturated heterocycles. The molecular formula is C21H24N4S. The van der Waals surface area contributed by atoms with Gasteiger partial charge >= 0.3 is 0 Å². The Balaban J connectivity index is 2.04. The molecule has 134 valence electrons. The van der Waals surface area contributed by atoms with Crippen molar-refractivity contribution in [2.45, 2.75) is 53.4 Å². The van der Waals surface area contributed by atoms with Crippen molar-refractivity contribution in [3.63, 3.8) is 0 Å². The summed E-state index contributed by atoms with van der Waals surface area (Å²) in [6.45, 7) is 10.8. The predicted octanol–water partition coefficient (Wildman–Crippen LogP) is 5.83. The number of rotatable bonds is 4. The van der Waals surface area contributed by atoms with E-state index in [0.29, 0.717) is 5.92 Å². The van der Waals surface area contributed by atoms with Crippen LogP contribution >= 0.6 is 11.3 Å². The molecule has 0 spiro atoms. The smallest absolute Gasteiger partial charge is 0.164 e. The molecule has 5 heteroatoms. The molecule has 4 rings (SSSR count). The third-order valence-corrected chi connectivity index (χ3v) is 6.49. The maximum Gasteiger partial charge on any atom is 0.164 e. The standard InChI is InChI=1S/C21H24N4S/c1-6-15(7-2)16-11-12(3)23-21-18(14(5)24-25(16)21)20-13(4)19-17(26-20)9-8-10-22-19/h8-11,15H,6-7H2,1-5H3. The third kappa shape index (κ3) is 2.53. The van der Waals surface area contributed by atoms with Gasteiger partial charge in [0.2, 0.25) is 0 Å². The van der Waals surface area contributed by atoms with Gasteiger partial charge in [0, 0.05) is 28.4 Å². The van der Waals surface area contributed by atoms with Gasteiger partial charge in [-0.25, -0.2) is 9.50 Å². The molecule has 26 heavy (non-hydrogen) atoms. The van der Waals surface area contributed by atoms with Crippen LogP contribution in [0, 0.1) is 20.8 Å². The van der Waals surface area contributed by atoms with Crippen LogP contribution in [-0.4, -0.2) is 19.6 Å². The lowest BCUT2D eigenvalue weighted by Gasteiger charge is -2.15. The van der Waals surface area contributed by atoms with Crippen LogP contribution in [0.5, 0.6) is 0 Å². The third-order valence-electron chi connectivity index (χ3n) is 5.23. The number of hydrogen-bond donors (Lipinski definition) is 0. The van der Waals surface area contributed by atoms with E-state index in [-0.39, 0.29) is 0 Å². The summed E-state index contributed by atoms with van der Waals surface area (Å²) in [5.41, 5.74) is 7.78. The van der Waals surface area contributed by atoms with E-state index in [0.717, 1.165) is 41.0 Å². The summed E-state index contributed by atoms with van der Waals surface area (Å²) < 4.78 is 3.29. The summed E-state index contributed by atoms with van der Waals surface area (Å²) in [4.78, 5) is 10.7. The van der Waals surface area contributed by atoms with Crippen LogP contribution in [0.25, 0.3) is 26.3 Å². The van der Waals surface area contributed by atoms with Crippen molar-refractivity contribution < 1.29 is 0 Å². The molecule has 0 fully saturated rings. The maximum absolute atomic E-state index is 4.90. The van der Waals surface area contributed by atoms with Crippen molar-refractivity contribution in [3.8, 4) is 10.4 Å². The number of hydrogen-bond acceptors (Lipinski definition) is 4. The largest absolute Gasteiger partial charge is 0.255 e. The molecule has 0 N–H and O–H groups in total. The van der Waals surface area contributed by atoms with Gasteiger partial charge in [-0.15, -0.1) is 11.3 Å². The van der Waals surface area contributed by atoms with Crippen LogP contribution in [-0.2, 0) is 0 Å². The van der Waals surface area contributed by atoms with Gasteiger partial charge in [-0.05, 0) is 57.4 Å². The van der Waals surface area contributed by atoms with Crippen LogP contribution in [0.4, 0.5) is 0 Å². The Morgan fingerprint density at radius 3 is 2.62 bits per heavy atom. The van der Waals surface area contributed by atoms with Crippen LogP contribution in [0.15, 0.2) is 24.4 Å². The van der Waals surface area contributed by atoms with Gasteiger partial charge in [0.1, 0.15) is 0 Å². The average molecular weight is 365 g/mol. The summed E-state index contributed by atoms with van der Waals surface area (Å²) >= 11 is 1.79. The highest BCUT2D eigenvalue weighted by atomic mass is 32.1. The molecule has 0 aliphatic heterocycles. The Bertz CT molecular complexity index is 1100. The normalized spacial score (nSPS) is 11.9. The van der Waals surface area contributed by atoms with Crippen molar-refractivity contribution in [2.24, 2.45) is 0 Å². The fraction of sp³-hybridized carbons (Fsp3) is 0.381. The van der Waals surface area contributed by atoms with Crippen LogP contribution in [0.2, 0.25) is 0 Å². The molecule has 0 atom stereocenters. The summed E-state index contributed by atoms with van der Waals surface area (Å²) in [5, 5.41) is 4.90. The van der Waals surface area contributed by atoms with Gasteiger partial charge in [0.15, 0.2) is 5.65 Å².